The first-order valence-corrected chi connectivity index (χ1v) is 11.0. The van der Waals surface area contributed by atoms with Gasteiger partial charge in [0.2, 0.25) is 0 Å². The summed E-state index contributed by atoms with van der Waals surface area (Å²) >= 11 is 1.41. The summed E-state index contributed by atoms with van der Waals surface area (Å²) in [6, 6.07) is 12.7. The smallest absolute Gasteiger partial charge is 0.322 e. The molecule has 7 nitrogen and oxygen atoms in total. The summed E-state index contributed by atoms with van der Waals surface area (Å²) in [5.41, 5.74) is 0.0898. The van der Waals surface area contributed by atoms with Crippen LogP contribution in [-0.4, -0.2) is 35.9 Å². The molecule has 33 heavy (non-hydrogen) atoms. The fourth-order valence-electron chi connectivity index (χ4n) is 3.41. The van der Waals surface area contributed by atoms with Gasteiger partial charge >= 0.3 is 6.18 Å². The molecule has 5 rings (SSSR count). The first-order valence-electron chi connectivity index (χ1n) is 9.98. The summed E-state index contributed by atoms with van der Waals surface area (Å²) in [6.45, 7) is 1.96. The van der Waals surface area contributed by atoms with E-state index < -0.39 is 11.7 Å². The normalized spacial score (nSPS) is 11.9. The lowest BCUT2D eigenvalue weighted by molar-refractivity contribution is -0.137. The second-order valence-electron chi connectivity index (χ2n) is 7.00. The van der Waals surface area contributed by atoms with Crippen molar-refractivity contribution in [2.45, 2.75) is 18.3 Å². The fourth-order valence-corrected chi connectivity index (χ4v) is 3.95. The fraction of sp³-hybridized carbons (Fsp3) is 0.136. The van der Waals surface area contributed by atoms with E-state index >= 15 is 0 Å². The first kappa shape index (κ1) is 21.1. The van der Waals surface area contributed by atoms with Crippen LogP contribution in [0.4, 0.5) is 24.8 Å². The van der Waals surface area contributed by atoms with Crippen LogP contribution in [0, 0.1) is 0 Å². The largest absolute Gasteiger partial charge is 0.417 e. The minimum absolute atomic E-state index is 0.0936. The molecule has 0 atom stereocenters. The zero-order chi connectivity index (χ0) is 23.0. The van der Waals surface area contributed by atoms with Crippen molar-refractivity contribution in [1.29, 1.82) is 0 Å². The van der Waals surface area contributed by atoms with Crippen molar-refractivity contribution in [3.8, 4) is 11.4 Å². The minimum Gasteiger partial charge on any atom is -0.322 e. The maximum Gasteiger partial charge on any atom is 0.417 e. The summed E-state index contributed by atoms with van der Waals surface area (Å²) < 4.78 is 41.0. The van der Waals surface area contributed by atoms with Crippen LogP contribution in [0.3, 0.4) is 0 Å². The van der Waals surface area contributed by atoms with Gasteiger partial charge in [0.05, 0.1) is 16.5 Å². The number of aromatic nitrogens is 6. The van der Waals surface area contributed by atoms with Gasteiger partial charge in [0.25, 0.3) is 0 Å². The zero-order valence-electron chi connectivity index (χ0n) is 17.2. The number of thioether (sulfide) groups is 1. The predicted octanol–water partition coefficient (Wildman–Crippen LogP) is 5.84. The molecule has 3 aromatic heterocycles. The van der Waals surface area contributed by atoms with Crippen LogP contribution in [0.15, 0.2) is 59.9 Å². The van der Waals surface area contributed by atoms with Crippen molar-refractivity contribution in [3.63, 3.8) is 0 Å². The molecule has 2 aromatic carbocycles. The zero-order valence-corrected chi connectivity index (χ0v) is 18.0. The number of hydrogen-bond donors (Lipinski definition) is 2. The topological polar surface area (TPSA) is 92.3 Å². The minimum atomic E-state index is -4.56. The molecule has 0 aliphatic rings. The number of benzene rings is 2. The Morgan fingerprint density at radius 2 is 1.73 bits per heavy atom. The number of hydrogen-bond acceptors (Lipinski definition) is 7. The van der Waals surface area contributed by atoms with Crippen LogP contribution >= 0.6 is 11.8 Å². The maximum atomic E-state index is 13.7. The lowest BCUT2D eigenvalue weighted by Crippen LogP contribution is -2.09. The standard InChI is InChI=1S/C22H16F3N7S/c1-2-33-21-26-11-14-18(29-20-13-8-4-6-10-16(13)31-32-20)27-17(28-19(14)30-21)12-7-3-5-9-15(12)22(23,24)25/h3-11H,2H2,1H3,(H2,26,27,28,29,30,31,32). The molecule has 0 saturated heterocycles. The van der Waals surface area contributed by atoms with E-state index in [1.165, 1.54) is 30.0 Å². The monoisotopic (exact) mass is 467 g/mol. The maximum absolute atomic E-state index is 13.7. The van der Waals surface area contributed by atoms with Crippen molar-refractivity contribution in [1.82, 2.24) is 30.1 Å². The number of aromatic amines is 1. The van der Waals surface area contributed by atoms with Gasteiger partial charge < -0.3 is 5.32 Å². The molecule has 0 aliphatic carbocycles. The molecule has 166 valence electrons. The number of para-hydroxylation sites is 1. The summed E-state index contributed by atoms with van der Waals surface area (Å²) in [4.78, 5) is 17.6. The highest BCUT2D eigenvalue weighted by atomic mass is 32.2. The molecule has 0 bridgehead atoms. The van der Waals surface area contributed by atoms with E-state index in [4.69, 9.17) is 0 Å². The van der Waals surface area contributed by atoms with Crippen LogP contribution in [0.5, 0.6) is 0 Å². The molecule has 0 amide bonds. The Balaban J connectivity index is 1.71. The first-order chi connectivity index (χ1) is 15.9. The van der Waals surface area contributed by atoms with Crippen molar-refractivity contribution in [2.24, 2.45) is 0 Å². The highest BCUT2D eigenvalue weighted by Crippen LogP contribution is 2.37. The Labute approximate surface area is 189 Å². The number of rotatable bonds is 5. The lowest BCUT2D eigenvalue weighted by atomic mass is 10.1. The van der Waals surface area contributed by atoms with Crippen LogP contribution in [0.25, 0.3) is 33.3 Å². The molecule has 0 unspecified atom stereocenters. The van der Waals surface area contributed by atoms with Crippen molar-refractivity contribution < 1.29 is 13.2 Å². The number of fused-ring (bicyclic) bond motifs is 2. The Morgan fingerprint density at radius 3 is 2.55 bits per heavy atom. The molecule has 3 heterocycles. The SMILES string of the molecule is CCSc1ncc2c(Nc3n[nH]c4ccccc34)nc(-c3ccccc3C(F)(F)F)nc2n1. The van der Waals surface area contributed by atoms with E-state index in [0.717, 1.165) is 22.7 Å². The summed E-state index contributed by atoms with van der Waals surface area (Å²) in [7, 11) is 0. The van der Waals surface area contributed by atoms with Gasteiger partial charge in [-0.1, -0.05) is 49.0 Å². The molecular weight excluding hydrogens is 451 g/mol. The summed E-state index contributed by atoms with van der Waals surface area (Å²) in [5.74, 6) is 1.39. The number of anilines is 2. The third-order valence-electron chi connectivity index (χ3n) is 4.89. The Bertz CT molecular complexity index is 1470. The van der Waals surface area contributed by atoms with Gasteiger partial charge in [0.1, 0.15) is 5.82 Å². The molecule has 11 heteroatoms. The Kier molecular flexibility index (Phi) is 5.33. The van der Waals surface area contributed by atoms with Crippen molar-refractivity contribution >= 4 is 45.3 Å². The third-order valence-corrected chi connectivity index (χ3v) is 5.63. The predicted molar refractivity (Wildman–Crippen MR) is 121 cm³/mol. The van der Waals surface area contributed by atoms with Crippen LogP contribution < -0.4 is 5.32 Å². The number of H-pyrrole nitrogens is 1. The third kappa shape index (κ3) is 4.07. The molecule has 0 fully saturated rings. The van der Waals surface area contributed by atoms with Crippen LogP contribution in [0.1, 0.15) is 12.5 Å². The van der Waals surface area contributed by atoms with Crippen LogP contribution in [0.2, 0.25) is 0 Å². The number of nitrogens with zero attached hydrogens (tertiary/aromatic N) is 5. The number of nitrogens with one attached hydrogen (secondary N) is 2. The molecule has 0 radical (unpaired) electrons. The molecule has 5 aromatic rings. The second kappa shape index (κ2) is 8.32. The highest BCUT2D eigenvalue weighted by Gasteiger charge is 2.34. The van der Waals surface area contributed by atoms with E-state index in [1.54, 1.807) is 6.20 Å². The van der Waals surface area contributed by atoms with Gasteiger partial charge in [-0.15, -0.1) is 0 Å². The molecule has 0 saturated carbocycles. The van der Waals surface area contributed by atoms with E-state index in [9.17, 15) is 13.2 Å². The van der Waals surface area contributed by atoms with Crippen molar-refractivity contribution in [2.75, 3.05) is 11.1 Å². The van der Waals surface area contributed by atoms with E-state index in [0.29, 0.717) is 16.4 Å². The summed E-state index contributed by atoms with van der Waals surface area (Å²) in [5, 5.41) is 12.1. The number of alkyl halides is 3. The number of halogens is 3. The molecule has 2 N–H and O–H groups in total. The molecule has 0 spiro atoms. The van der Waals surface area contributed by atoms with Crippen molar-refractivity contribution in [3.05, 3.63) is 60.3 Å². The van der Waals surface area contributed by atoms with E-state index in [-0.39, 0.29) is 22.9 Å². The molecular formula is C22H16F3N7S. The quantitative estimate of drug-likeness (QED) is 0.248. The van der Waals surface area contributed by atoms with Gasteiger partial charge in [-0.05, 0) is 24.0 Å². The average molecular weight is 467 g/mol. The second-order valence-corrected chi connectivity index (χ2v) is 8.24. The van der Waals surface area contributed by atoms with E-state index in [2.05, 4.69) is 35.5 Å². The van der Waals surface area contributed by atoms with E-state index in [1.807, 2.05) is 31.2 Å². The lowest BCUT2D eigenvalue weighted by Gasteiger charge is -2.14. The summed E-state index contributed by atoms with van der Waals surface area (Å²) in [6.07, 6.45) is -2.99. The van der Waals surface area contributed by atoms with Gasteiger partial charge in [0, 0.05) is 17.1 Å². The molecule has 0 aliphatic heterocycles. The van der Waals surface area contributed by atoms with Gasteiger partial charge in [0.15, 0.2) is 22.4 Å². The van der Waals surface area contributed by atoms with Gasteiger partial charge in [-0.25, -0.2) is 19.9 Å². The Morgan fingerprint density at radius 1 is 0.939 bits per heavy atom. The van der Waals surface area contributed by atoms with Gasteiger partial charge in [-0.2, -0.15) is 18.3 Å². The Hall–Kier alpha value is -3.73. The average Bonchev–Trinajstić information content (AvgIpc) is 3.21. The highest BCUT2D eigenvalue weighted by molar-refractivity contribution is 7.99. The van der Waals surface area contributed by atoms with Crippen LogP contribution in [-0.2, 0) is 6.18 Å². The van der Waals surface area contributed by atoms with Gasteiger partial charge in [-0.3, -0.25) is 5.10 Å².